The van der Waals surface area contributed by atoms with Crippen molar-refractivity contribution in [1.82, 2.24) is 0 Å². The van der Waals surface area contributed by atoms with E-state index in [4.69, 9.17) is 37.0 Å². The average molecular weight is 1510 g/mol. The first-order valence-electron chi connectivity index (χ1n) is 43.7. The maximum Gasteiger partial charge on any atom is 0.472 e. The van der Waals surface area contributed by atoms with Gasteiger partial charge in [0.05, 0.1) is 26.4 Å². The lowest BCUT2D eigenvalue weighted by molar-refractivity contribution is -0.161. The molecule has 0 spiro atoms. The van der Waals surface area contributed by atoms with E-state index >= 15 is 0 Å². The van der Waals surface area contributed by atoms with Gasteiger partial charge in [0, 0.05) is 25.7 Å². The third kappa shape index (κ3) is 76.6. The molecule has 0 aliphatic rings. The molecule has 612 valence electrons. The quantitative estimate of drug-likeness (QED) is 0.0222. The normalized spacial score (nSPS) is 14.1. The first-order valence-corrected chi connectivity index (χ1v) is 46.7. The number of carbonyl (C=O) groups is 4. The van der Waals surface area contributed by atoms with Crippen molar-refractivity contribution in [3.8, 4) is 0 Å². The molecule has 0 aromatic carbocycles. The maximum absolute atomic E-state index is 13.1. The Kier molecular flexibility index (Phi) is 75.4. The van der Waals surface area contributed by atoms with Crippen molar-refractivity contribution < 1.29 is 80.2 Å². The van der Waals surface area contributed by atoms with Gasteiger partial charge < -0.3 is 33.8 Å². The van der Waals surface area contributed by atoms with Crippen molar-refractivity contribution in [3.05, 3.63) is 0 Å². The zero-order valence-electron chi connectivity index (χ0n) is 67.5. The van der Waals surface area contributed by atoms with Gasteiger partial charge in [-0.05, 0) is 31.6 Å². The molecule has 0 saturated heterocycles. The summed E-state index contributed by atoms with van der Waals surface area (Å²) in [6.45, 7) is 7.34. The van der Waals surface area contributed by atoms with Gasteiger partial charge in [0.15, 0.2) is 12.2 Å². The molecule has 17 nitrogen and oxygen atoms in total. The maximum atomic E-state index is 13.1. The standard InChI is InChI=1S/C84H164O17P2/c1-6-10-13-16-19-22-24-26-28-30-32-33-34-36-38-40-42-44-49-54-59-64-69-83(88)101-80(74-95-82(87)68-63-58-53-48-43-41-39-37-35-31-29-27-25-23-20-17-14-11-7-2)76-99-103(92,93)97-72-78(85)71-96-102(90,91)98-75-79(73-94-81(86)67-62-57-52-21-18-15-12-8-3)100-84(89)70-65-60-55-50-46-45-47-51-56-61-66-77(5)9-4/h77-80,85H,6-76H2,1-5H3,(H,90,91)(H,92,93)/t77?,78-,79+,80+/m0/s1. The molecule has 19 heteroatoms. The Balaban J connectivity index is 5.18. The molecule has 0 aliphatic carbocycles. The van der Waals surface area contributed by atoms with Crippen molar-refractivity contribution in [2.45, 2.75) is 470 Å². The topological polar surface area (TPSA) is 237 Å². The molecule has 0 bridgehead atoms. The van der Waals surface area contributed by atoms with Crippen LogP contribution in [0.1, 0.15) is 452 Å². The van der Waals surface area contributed by atoms with Crippen LogP contribution in [0.15, 0.2) is 0 Å². The lowest BCUT2D eigenvalue weighted by Gasteiger charge is -2.21. The molecule has 0 aliphatic heterocycles. The van der Waals surface area contributed by atoms with Crippen LogP contribution >= 0.6 is 15.6 Å². The van der Waals surface area contributed by atoms with E-state index in [0.29, 0.717) is 25.7 Å². The summed E-state index contributed by atoms with van der Waals surface area (Å²) in [4.78, 5) is 73.0. The van der Waals surface area contributed by atoms with Crippen LogP contribution in [0, 0.1) is 5.92 Å². The SMILES string of the molecule is CCCCCCCCCCCCCCCCCCCCCCCCC(=O)O[C@H](COC(=O)CCCCCCCCCCCCCCCCCCCCC)COP(=O)(O)OC[C@@H](O)COP(=O)(O)OC[C@@H](COC(=O)CCCCCCCCCC)OC(=O)CCCCCCCCCCCCC(C)CC. The fourth-order valence-corrected chi connectivity index (χ4v) is 14.7. The monoisotopic (exact) mass is 1510 g/mol. The molecule has 0 aromatic heterocycles. The number of rotatable bonds is 84. The fourth-order valence-electron chi connectivity index (χ4n) is 13.1. The zero-order chi connectivity index (χ0) is 75.5. The second-order valence-corrected chi connectivity index (χ2v) is 33.4. The fraction of sp³-hybridized carbons (Fsp3) is 0.952. The van der Waals surface area contributed by atoms with Crippen molar-refractivity contribution >= 4 is 39.5 Å². The van der Waals surface area contributed by atoms with Gasteiger partial charge in [0.1, 0.15) is 19.3 Å². The molecule has 0 amide bonds. The summed E-state index contributed by atoms with van der Waals surface area (Å²) in [5, 5.41) is 10.6. The summed E-state index contributed by atoms with van der Waals surface area (Å²) in [7, 11) is -9.92. The third-order valence-electron chi connectivity index (χ3n) is 20.1. The van der Waals surface area contributed by atoms with Crippen molar-refractivity contribution in [3.63, 3.8) is 0 Å². The van der Waals surface area contributed by atoms with E-state index in [9.17, 15) is 43.2 Å². The number of unbranched alkanes of at least 4 members (excludes halogenated alkanes) is 55. The number of ether oxygens (including phenoxy) is 4. The number of hydrogen-bond donors (Lipinski definition) is 3. The van der Waals surface area contributed by atoms with Gasteiger partial charge in [-0.3, -0.25) is 37.3 Å². The molecule has 0 fully saturated rings. The molecular weight excluding hydrogens is 1340 g/mol. The number of phosphoric ester groups is 2. The van der Waals surface area contributed by atoms with Crippen molar-refractivity contribution in [1.29, 1.82) is 0 Å². The Morgan fingerprint density at radius 1 is 0.272 bits per heavy atom. The highest BCUT2D eigenvalue weighted by molar-refractivity contribution is 7.47. The predicted molar refractivity (Wildman–Crippen MR) is 423 cm³/mol. The number of phosphoric acid groups is 2. The van der Waals surface area contributed by atoms with E-state index in [-0.39, 0.29) is 25.7 Å². The molecule has 103 heavy (non-hydrogen) atoms. The number of carbonyl (C=O) groups excluding carboxylic acids is 4. The second-order valence-electron chi connectivity index (χ2n) is 30.5. The number of esters is 4. The highest BCUT2D eigenvalue weighted by Gasteiger charge is 2.30. The highest BCUT2D eigenvalue weighted by atomic mass is 31.2. The minimum Gasteiger partial charge on any atom is -0.462 e. The smallest absolute Gasteiger partial charge is 0.462 e. The van der Waals surface area contributed by atoms with Crippen LogP contribution in [0.4, 0.5) is 0 Å². The van der Waals surface area contributed by atoms with Crippen LogP contribution in [0.2, 0.25) is 0 Å². The second kappa shape index (κ2) is 76.8. The van der Waals surface area contributed by atoms with E-state index in [1.54, 1.807) is 0 Å². The van der Waals surface area contributed by atoms with Crippen LogP contribution in [-0.4, -0.2) is 96.7 Å². The Labute approximate surface area is 632 Å². The minimum absolute atomic E-state index is 0.107. The highest BCUT2D eigenvalue weighted by Crippen LogP contribution is 2.45. The van der Waals surface area contributed by atoms with E-state index in [0.717, 1.165) is 102 Å². The van der Waals surface area contributed by atoms with Gasteiger partial charge in [0.2, 0.25) is 0 Å². The summed E-state index contributed by atoms with van der Waals surface area (Å²) < 4.78 is 68.7. The number of aliphatic hydroxyl groups is 1. The third-order valence-corrected chi connectivity index (χ3v) is 22.0. The van der Waals surface area contributed by atoms with Gasteiger partial charge in [-0.1, -0.05) is 401 Å². The molecule has 3 unspecified atom stereocenters. The molecule has 6 atom stereocenters. The summed E-state index contributed by atoms with van der Waals surface area (Å²) in [6.07, 6.45) is 69.6. The van der Waals surface area contributed by atoms with E-state index < -0.39 is 97.5 Å². The van der Waals surface area contributed by atoms with Crippen LogP contribution < -0.4 is 0 Å². The number of hydrogen-bond acceptors (Lipinski definition) is 15. The molecule has 0 heterocycles. The lowest BCUT2D eigenvalue weighted by atomic mass is 9.99. The largest absolute Gasteiger partial charge is 0.472 e. The summed E-state index contributed by atoms with van der Waals surface area (Å²) in [5.41, 5.74) is 0. The number of aliphatic hydroxyl groups excluding tert-OH is 1. The Morgan fingerprint density at radius 2 is 0.466 bits per heavy atom. The van der Waals surface area contributed by atoms with Gasteiger partial charge >= 0.3 is 39.5 Å². The summed E-state index contributed by atoms with van der Waals surface area (Å²) >= 11 is 0. The molecule has 0 saturated carbocycles. The molecular formula is C84H164O17P2. The van der Waals surface area contributed by atoms with Gasteiger partial charge in [0.25, 0.3) is 0 Å². The summed E-state index contributed by atoms with van der Waals surface area (Å²) in [5.74, 6) is -1.30. The molecule has 0 aromatic rings. The first-order chi connectivity index (χ1) is 50.1. The zero-order valence-corrected chi connectivity index (χ0v) is 69.3. The molecule has 0 rings (SSSR count). The Morgan fingerprint density at radius 3 is 0.689 bits per heavy atom. The molecule has 3 N–H and O–H groups in total. The van der Waals surface area contributed by atoms with Crippen LogP contribution in [0.25, 0.3) is 0 Å². The van der Waals surface area contributed by atoms with Crippen LogP contribution in [0.5, 0.6) is 0 Å². The average Bonchev–Trinajstić information content (AvgIpc) is 0.963. The van der Waals surface area contributed by atoms with Crippen LogP contribution in [-0.2, 0) is 65.4 Å². The van der Waals surface area contributed by atoms with Crippen LogP contribution in [0.3, 0.4) is 0 Å². The van der Waals surface area contributed by atoms with E-state index in [2.05, 4.69) is 34.6 Å². The van der Waals surface area contributed by atoms with Gasteiger partial charge in [-0.25, -0.2) is 9.13 Å². The van der Waals surface area contributed by atoms with Gasteiger partial charge in [-0.2, -0.15) is 0 Å². The summed E-state index contributed by atoms with van der Waals surface area (Å²) in [6, 6.07) is 0. The molecule has 0 radical (unpaired) electrons. The predicted octanol–water partition coefficient (Wildman–Crippen LogP) is 25.6. The first kappa shape index (κ1) is 101. The Bertz CT molecular complexity index is 1960. The van der Waals surface area contributed by atoms with E-state index in [1.807, 2.05) is 0 Å². The minimum atomic E-state index is -4.96. The van der Waals surface area contributed by atoms with Gasteiger partial charge in [-0.15, -0.1) is 0 Å². The lowest BCUT2D eigenvalue weighted by Crippen LogP contribution is -2.30. The Hall–Kier alpha value is -1.94. The van der Waals surface area contributed by atoms with E-state index in [1.165, 1.54) is 270 Å². The van der Waals surface area contributed by atoms with Crippen molar-refractivity contribution in [2.24, 2.45) is 5.92 Å². The van der Waals surface area contributed by atoms with Crippen molar-refractivity contribution in [2.75, 3.05) is 39.6 Å².